The fraction of sp³-hybridized carbons (Fsp3) is 0.231. The van der Waals surface area contributed by atoms with Crippen molar-refractivity contribution in [3.05, 3.63) is 45.0 Å². The average molecular weight is 373 g/mol. The van der Waals surface area contributed by atoms with Crippen LogP contribution in [0.2, 0.25) is 0 Å². The highest BCUT2D eigenvalue weighted by atomic mass is 127. The summed E-state index contributed by atoms with van der Waals surface area (Å²) in [6.45, 7) is 1.94. The molecule has 0 fully saturated rings. The summed E-state index contributed by atoms with van der Waals surface area (Å²) < 4.78 is 15.4. The van der Waals surface area contributed by atoms with Crippen LogP contribution < -0.4 is 5.32 Å². The number of nitrogens with one attached hydrogen (secondary N) is 1. The molecule has 2 aromatic rings. The highest BCUT2D eigenvalue weighted by molar-refractivity contribution is 14.1. The van der Waals surface area contributed by atoms with Crippen LogP contribution in [-0.4, -0.2) is 15.7 Å². The molecule has 0 saturated carbocycles. The highest BCUT2D eigenvalue weighted by Crippen LogP contribution is 2.22. The molecular formula is C13H13FIN3O. The maximum Gasteiger partial charge on any atom is 0.259 e. The molecule has 0 aliphatic carbocycles. The number of carbonyl (C=O) groups excluding carboxylic acids is 1. The summed E-state index contributed by atoms with van der Waals surface area (Å²) in [5, 5.41) is 6.93. The Bertz CT molecular complexity index is 624. The van der Waals surface area contributed by atoms with Crippen LogP contribution in [0.5, 0.6) is 0 Å². The molecule has 1 amide bonds. The molecule has 0 aliphatic rings. The van der Waals surface area contributed by atoms with Gasteiger partial charge in [-0.05, 0) is 41.1 Å². The van der Waals surface area contributed by atoms with Gasteiger partial charge in [-0.3, -0.25) is 9.48 Å². The van der Waals surface area contributed by atoms with Gasteiger partial charge in [-0.1, -0.05) is 13.0 Å². The fourth-order valence-electron chi connectivity index (χ4n) is 1.78. The van der Waals surface area contributed by atoms with Crippen molar-refractivity contribution in [2.75, 3.05) is 5.32 Å². The minimum Gasteiger partial charge on any atom is -0.321 e. The number of aromatic nitrogens is 2. The normalized spacial score (nSPS) is 10.5. The molecule has 0 aliphatic heterocycles. The number of benzene rings is 1. The molecular weight excluding hydrogens is 360 g/mol. The summed E-state index contributed by atoms with van der Waals surface area (Å²) in [4.78, 5) is 12.2. The smallest absolute Gasteiger partial charge is 0.259 e. The SMILES string of the molecule is CCc1nn(C)cc1C(=O)Nc1cccc(F)c1I. The molecule has 19 heavy (non-hydrogen) atoms. The molecule has 0 saturated heterocycles. The number of carbonyl (C=O) groups is 1. The summed E-state index contributed by atoms with van der Waals surface area (Å²) in [6.07, 6.45) is 2.34. The third-order valence-electron chi connectivity index (χ3n) is 2.68. The third kappa shape index (κ3) is 2.94. The number of amides is 1. The second-order valence-corrected chi connectivity index (χ2v) is 5.15. The van der Waals surface area contributed by atoms with Crippen LogP contribution in [0.1, 0.15) is 23.0 Å². The number of hydrogen-bond acceptors (Lipinski definition) is 2. The highest BCUT2D eigenvalue weighted by Gasteiger charge is 2.16. The van der Waals surface area contributed by atoms with Gasteiger partial charge in [-0.15, -0.1) is 0 Å². The number of aryl methyl sites for hydroxylation is 2. The fourth-order valence-corrected chi connectivity index (χ4v) is 2.27. The molecule has 0 spiro atoms. The second-order valence-electron chi connectivity index (χ2n) is 4.07. The predicted molar refractivity (Wildman–Crippen MR) is 79.7 cm³/mol. The lowest BCUT2D eigenvalue weighted by atomic mass is 10.2. The molecule has 100 valence electrons. The Hall–Kier alpha value is -1.44. The van der Waals surface area contributed by atoms with Crippen LogP contribution in [0.15, 0.2) is 24.4 Å². The number of hydrogen-bond donors (Lipinski definition) is 1. The number of halogens is 2. The van der Waals surface area contributed by atoms with Gasteiger partial charge in [0.1, 0.15) is 5.82 Å². The van der Waals surface area contributed by atoms with Crippen molar-refractivity contribution in [1.82, 2.24) is 9.78 Å². The van der Waals surface area contributed by atoms with Crippen molar-refractivity contribution in [3.63, 3.8) is 0 Å². The molecule has 1 heterocycles. The maximum absolute atomic E-state index is 13.4. The molecule has 0 bridgehead atoms. The summed E-state index contributed by atoms with van der Waals surface area (Å²) in [7, 11) is 1.77. The van der Waals surface area contributed by atoms with Crippen LogP contribution in [0, 0.1) is 9.39 Å². The van der Waals surface area contributed by atoms with Crippen molar-refractivity contribution in [3.8, 4) is 0 Å². The van der Waals surface area contributed by atoms with E-state index in [1.165, 1.54) is 6.07 Å². The zero-order chi connectivity index (χ0) is 14.0. The van der Waals surface area contributed by atoms with Gasteiger partial charge in [-0.25, -0.2) is 4.39 Å². The molecule has 1 aromatic carbocycles. The molecule has 0 radical (unpaired) electrons. The average Bonchev–Trinajstić information content (AvgIpc) is 2.76. The first-order valence-corrected chi connectivity index (χ1v) is 6.88. The first kappa shape index (κ1) is 14.0. The van der Waals surface area contributed by atoms with E-state index in [9.17, 15) is 9.18 Å². The van der Waals surface area contributed by atoms with Crippen molar-refractivity contribution in [2.45, 2.75) is 13.3 Å². The first-order valence-electron chi connectivity index (χ1n) is 5.80. The third-order valence-corrected chi connectivity index (χ3v) is 3.78. The zero-order valence-electron chi connectivity index (χ0n) is 10.6. The van der Waals surface area contributed by atoms with Gasteiger partial charge in [0.25, 0.3) is 5.91 Å². The van der Waals surface area contributed by atoms with E-state index < -0.39 is 0 Å². The minimum absolute atomic E-state index is 0.270. The first-order chi connectivity index (χ1) is 9.02. The van der Waals surface area contributed by atoms with Crippen molar-refractivity contribution in [1.29, 1.82) is 0 Å². The summed E-state index contributed by atoms with van der Waals surface area (Å²) >= 11 is 1.87. The van der Waals surface area contributed by atoms with E-state index in [1.807, 2.05) is 29.5 Å². The Kier molecular flexibility index (Phi) is 4.18. The van der Waals surface area contributed by atoms with Gasteiger partial charge in [0, 0.05) is 13.2 Å². The lowest BCUT2D eigenvalue weighted by molar-refractivity contribution is 0.102. The van der Waals surface area contributed by atoms with Gasteiger partial charge in [0.15, 0.2) is 0 Å². The summed E-state index contributed by atoms with van der Waals surface area (Å²) in [5.74, 6) is -0.617. The monoisotopic (exact) mass is 373 g/mol. The van der Waals surface area contributed by atoms with E-state index in [0.29, 0.717) is 21.2 Å². The van der Waals surface area contributed by atoms with E-state index in [1.54, 1.807) is 30.1 Å². The molecule has 0 unspecified atom stereocenters. The van der Waals surface area contributed by atoms with Gasteiger partial charge >= 0.3 is 0 Å². The number of anilines is 1. The van der Waals surface area contributed by atoms with Crippen LogP contribution in [-0.2, 0) is 13.5 Å². The van der Waals surface area contributed by atoms with Crippen LogP contribution in [0.3, 0.4) is 0 Å². The number of rotatable bonds is 3. The van der Waals surface area contributed by atoms with Crippen molar-refractivity contribution < 1.29 is 9.18 Å². The van der Waals surface area contributed by atoms with Crippen molar-refractivity contribution in [2.24, 2.45) is 7.05 Å². The molecule has 6 heteroatoms. The Morgan fingerprint density at radius 3 is 2.95 bits per heavy atom. The van der Waals surface area contributed by atoms with E-state index >= 15 is 0 Å². The Labute approximate surface area is 124 Å². The van der Waals surface area contributed by atoms with Gasteiger partial charge < -0.3 is 5.32 Å². The molecule has 1 aromatic heterocycles. The second kappa shape index (κ2) is 5.68. The van der Waals surface area contributed by atoms with E-state index in [-0.39, 0.29) is 11.7 Å². The van der Waals surface area contributed by atoms with Gasteiger partial charge in [0.2, 0.25) is 0 Å². The Balaban J connectivity index is 2.28. The van der Waals surface area contributed by atoms with E-state index in [2.05, 4.69) is 10.4 Å². The maximum atomic E-state index is 13.4. The summed E-state index contributed by atoms with van der Waals surface area (Å²) in [6, 6.07) is 4.60. The zero-order valence-corrected chi connectivity index (χ0v) is 12.7. The molecule has 1 N–H and O–H groups in total. The van der Waals surface area contributed by atoms with Gasteiger partial charge in [-0.2, -0.15) is 5.10 Å². The number of nitrogens with zero attached hydrogens (tertiary/aromatic N) is 2. The quantitative estimate of drug-likeness (QED) is 0.841. The molecule has 0 atom stereocenters. The molecule has 2 rings (SSSR count). The lowest BCUT2D eigenvalue weighted by Gasteiger charge is -2.07. The topological polar surface area (TPSA) is 46.9 Å². The Morgan fingerprint density at radius 1 is 1.53 bits per heavy atom. The van der Waals surface area contributed by atoms with Crippen LogP contribution in [0.25, 0.3) is 0 Å². The van der Waals surface area contributed by atoms with E-state index in [0.717, 1.165) is 5.69 Å². The predicted octanol–water partition coefficient (Wildman–Crippen LogP) is 2.98. The Morgan fingerprint density at radius 2 is 2.26 bits per heavy atom. The van der Waals surface area contributed by atoms with Crippen molar-refractivity contribution >= 4 is 34.2 Å². The largest absolute Gasteiger partial charge is 0.321 e. The minimum atomic E-state index is -0.347. The summed E-state index contributed by atoms with van der Waals surface area (Å²) in [5.41, 5.74) is 1.72. The standard InChI is InChI=1S/C13H13FIN3O/c1-3-10-8(7-18(2)17-10)13(19)16-11-6-4-5-9(14)12(11)15/h4-7H,3H2,1-2H3,(H,16,19). The van der Waals surface area contributed by atoms with E-state index in [4.69, 9.17) is 0 Å². The molecule has 4 nitrogen and oxygen atoms in total. The lowest BCUT2D eigenvalue weighted by Crippen LogP contribution is -2.14. The van der Waals surface area contributed by atoms with Gasteiger partial charge in [0.05, 0.1) is 20.5 Å². The van der Waals surface area contributed by atoms with Crippen LogP contribution >= 0.6 is 22.6 Å². The van der Waals surface area contributed by atoms with Crippen LogP contribution in [0.4, 0.5) is 10.1 Å².